The average Bonchev–Trinajstić information content (AvgIpc) is 3.02. The van der Waals surface area contributed by atoms with E-state index in [1.165, 1.54) is 23.5 Å². The quantitative estimate of drug-likeness (QED) is 0.782. The van der Waals surface area contributed by atoms with Gasteiger partial charge in [0.15, 0.2) is 0 Å². The Morgan fingerprint density at radius 1 is 1.12 bits per heavy atom. The number of hydroxylamine groups is 2. The number of hydrogen-bond acceptors (Lipinski definition) is 6. The molecule has 24 heavy (non-hydrogen) atoms. The van der Waals surface area contributed by atoms with Crippen LogP contribution in [0, 0.1) is 6.92 Å². The molecule has 0 N–H and O–H groups in total. The van der Waals surface area contributed by atoms with Gasteiger partial charge in [0, 0.05) is 5.41 Å². The topological polar surface area (TPSA) is 76.6 Å². The van der Waals surface area contributed by atoms with Gasteiger partial charge >= 0.3 is 5.97 Å². The van der Waals surface area contributed by atoms with Crippen molar-refractivity contribution in [2.45, 2.75) is 33.1 Å². The molecule has 2 aromatic rings. The fraction of sp³-hybridized carbons (Fsp3) is 0.294. The van der Waals surface area contributed by atoms with Gasteiger partial charge in [-0.1, -0.05) is 38.0 Å². The maximum Gasteiger partial charge on any atom is 0.375 e. The number of thiazole rings is 1. The van der Waals surface area contributed by atoms with Crippen LogP contribution < -0.4 is 0 Å². The van der Waals surface area contributed by atoms with Crippen molar-refractivity contribution in [1.29, 1.82) is 0 Å². The lowest BCUT2D eigenvalue weighted by Gasteiger charge is -2.13. The number of imide groups is 1. The summed E-state index contributed by atoms with van der Waals surface area (Å²) in [6.45, 7) is 7.67. The van der Waals surface area contributed by atoms with Gasteiger partial charge in [0.25, 0.3) is 11.8 Å². The van der Waals surface area contributed by atoms with Crippen LogP contribution in [0.1, 0.15) is 61.9 Å². The van der Waals surface area contributed by atoms with E-state index < -0.39 is 17.8 Å². The maximum atomic E-state index is 12.4. The first-order chi connectivity index (χ1) is 11.2. The number of carbonyl (C=O) groups excluding carboxylic acids is 3. The molecule has 0 saturated heterocycles. The minimum Gasteiger partial charge on any atom is -0.323 e. The lowest BCUT2D eigenvalue weighted by molar-refractivity contribution is -0.0581. The number of benzene rings is 1. The Morgan fingerprint density at radius 3 is 2.12 bits per heavy atom. The number of hydrogen-bond donors (Lipinski definition) is 0. The molecule has 0 fully saturated rings. The standard InChI is InChI=1S/C17H16N2O4S/c1-9-12(24-16(18-9)17(2,3)4)15(22)23-19-13(20)10-7-5-6-8-11(10)14(19)21/h5-8H,1-4H3. The fourth-order valence-electron chi connectivity index (χ4n) is 2.28. The van der Waals surface area contributed by atoms with Crippen molar-refractivity contribution < 1.29 is 19.2 Å². The first kappa shape index (κ1) is 16.3. The van der Waals surface area contributed by atoms with Crippen LogP contribution in [0.2, 0.25) is 0 Å². The Balaban J connectivity index is 1.86. The molecule has 0 aliphatic carbocycles. The lowest BCUT2D eigenvalue weighted by atomic mass is 9.98. The number of nitrogens with zero attached hydrogens (tertiary/aromatic N) is 2. The molecule has 2 amide bonds. The second-order valence-electron chi connectivity index (χ2n) is 6.51. The van der Waals surface area contributed by atoms with Crippen molar-refractivity contribution in [3.63, 3.8) is 0 Å². The van der Waals surface area contributed by atoms with Crippen LogP contribution in [0.5, 0.6) is 0 Å². The van der Waals surface area contributed by atoms with Crippen molar-refractivity contribution in [3.05, 3.63) is 51.0 Å². The zero-order chi connectivity index (χ0) is 17.6. The van der Waals surface area contributed by atoms with E-state index in [4.69, 9.17) is 4.84 Å². The smallest absolute Gasteiger partial charge is 0.323 e. The normalized spacial score (nSPS) is 14.1. The van der Waals surface area contributed by atoms with Crippen LogP contribution in [0.3, 0.4) is 0 Å². The van der Waals surface area contributed by atoms with E-state index in [9.17, 15) is 14.4 Å². The van der Waals surface area contributed by atoms with E-state index in [1.54, 1.807) is 19.1 Å². The molecular formula is C17H16N2O4S. The summed E-state index contributed by atoms with van der Waals surface area (Å²) in [6.07, 6.45) is 0. The summed E-state index contributed by atoms with van der Waals surface area (Å²) < 4.78 is 0. The van der Waals surface area contributed by atoms with Gasteiger partial charge < -0.3 is 4.84 Å². The first-order valence-electron chi connectivity index (χ1n) is 7.38. The Labute approximate surface area is 143 Å². The lowest BCUT2D eigenvalue weighted by Crippen LogP contribution is -2.32. The van der Waals surface area contributed by atoms with Crippen molar-refractivity contribution >= 4 is 29.1 Å². The minimum absolute atomic E-state index is 0.205. The highest BCUT2D eigenvalue weighted by Crippen LogP contribution is 2.30. The van der Waals surface area contributed by atoms with Gasteiger partial charge in [0.05, 0.1) is 21.8 Å². The number of rotatable bonds is 2. The summed E-state index contributed by atoms with van der Waals surface area (Å²) in [4.78, 5) is 46.6. The van der Waals surface area contributed by atoms with E-state index in [2.05, 4.69) is 4.98 Å². The summed E-state index contributed by atoms with van der Waals surface area (Å²) in [7, 11) is 0. The molecule has 3 rings (SSSR count). The molecule has 1 aromatic carbocycles. The van der Waals surface area contributed by atoms with Gasteiger partial charge in [-0.25, -0.2) is 9.78 Å². The molecule has 1 aromatic heterocycles. The summed E-state index contributed by atoms with van der Waals surface area (Å²) in [5, 5.41) is 1.30. The van der Waals surface area contributed by atoms with Crippen molar-refractivity contribution in [1.82, 2.24) is 10.0 Å². The van der Waals surface area contributed by atoms with Crippen LogP contribution in [-0.2, 0) is 10.3 Å². The van der Waals surface area contributed by atoms with E-state index in [0.29, 0.717) is 10.8 Å². The summed E-state index contributed by atoms with van der Waals surface area (Å²) >= 11 is 1.21. The molecule has 6 nitrogen and oxygen atoms in total. The predicted molar refractivity (Wildman–Crippen MR) is 87.9 cm³/mol. The van der Waals surface area contributed by atoms with Gasteiger partial charge in [0.2, 0.25) is 0 Å². The number of aromatic nitrogens is 1. The molecule has 2 heterocycles. The Morgan fingerprint density at radius 2 is 1.67 bits per heavy atom. The van der Waals surface area contributed by atoms with Crippen LogP contribution in [0.15, 0.2) is 24.3 Å². The number of amides is 2. The zero-order valence-electron chi connectivity index (χ0n) is 13.7. The molecule has 0 bridgehead atoms. The van der Waals surface area contributed by atoms with E-state index in [0.717, 1.165) is 5.01 Å². The molecule has 0 spiro atoms. The second-order valence-corrected chi connectivity index (χ2v) is 7.51. The fourth-order valence-corrected chi connectivity index (χ4v) is 3.28. The molecule has 1 aliphatic rings. The van der Waals surface area contributed by atoms with E-state index >= 15 is 0 Å². The molecular weight excluding hydrogens is 328 g/mol. The first-order valence-corrected chi connectivity index (χ1v) is 8.20. The SMILES string of the molecule is Cc1nc(C(C)(C)C)sc1C(=O)ON1C(=O)c2ccccc2C1=O. The Bertz CT molecular complexity index is 829. The Kier molecular flexibility index (Phi) is 3.76. The van der Waals surface area contributed by atoms with Crippen molar-refractivity contribution in [2.24, 2.45) is 0 Å². The van der Waals surface area contributed by atoms with Crippen LogP contribution in [0.4, 0.5) is 0 Å². The Hall–Kier alpha value is -2.54. The van der Waals surface area contributed by atoms with E-state index in [1.807, 2.05) is 20.8 Å². The molecule has 1 aliphatic heterocycles. The molecule has 0 atom stereocenters. The average molecular weight is 344 g/mol. The summed E-state index contributed by atoms with van der Waals surface area (Å²) in [6, 6.07) is 6.36. The van der Waals surface area contributed by atoms with Gasteiger partial charge in [-0.3, -0.25) is 9.59 Å². The molecule has 0 radical (unpaired) electrons. The zero-order valence-corrected chi connectivity index (χ0v) is 14.6. The largest absolute Gasteiger partial charge is 0.375 e. The van der Waals surface area contributed by atoms with Gasteiger partial charge in [-0.2, -0.15) is 0 Å². The van der Waals surface area contributed by atoms with Gasteiger partial charge in [0.1, 0.15) is 4.88 Å². The van der Waals surface area contributed by atoms with E-state index in [-0.39, 0.29) is 21.4 Å². The molecule has 124 valence electrons. The van der Waals surface area contributed by atoms with Crippen LogP contribution in [0.25, 0.3) is 0 Å². The second kappa shape index (κ2) is 5.52. The highest BCUT2D eigenvalue weighted by molar-refractivity contribution is 7.13. The molecule has 0 unspecified atom stereocenters. The van der Waals surface area contributed by atoms with Crippen LogP contribution >= 0.6 is 11.3 Å². The number of aryl methyl sites for hydroxylation is 1. The van der Waals surface area contributed by atoms with Crippen molar-refractivity contribution in [2.75, 3.05) is 0 Å². The highest BCUT2D eigenvalue weighted by atomic mass is 32.1. The van der Waals surface area contributed by atoms with Gasteiger partial charge in [-0.05, 0) is 19.1 Å². The predicted octanol–water partition coefficient (Wildman–Crippen LogP) is 3.12. The minimum atomic E-state index is -0.755. The number of fused-ring (bicyclic) bond motifs is 1. The maximum absolute atomic E-state index is 12.4. The van der Waals surface area contributed by atoms with Crippen LogP contribution in [-0.4, -0.2) is 27.8 Å². The third-order valence-corrected chi connectivity index (χ3v) is 5.12. The third kappa shape index (κ3) is 2.60. The molecule has 7 heteroatoms. The summed E-state index contributed by atoms with van der Waals surface area (Å²) in [5.41, 5.74) is 0.772. The molecule has 0 saturated carbocycles. The number of carbonyl (C=O) groups is 3. The van der Waals surface area contributed by atoms with Gasteiger partial charge in [-0.15, -0.1) is 11.3 Å². The van der Waals surface area contributed by atoms with Crippen molar-refractivity contribution in [3.8, 4) is 0 Å². The summed E-state index contributed by atoms with van der Waals surface area (Å²) in [5.74, 6) is -2.03. The third-order valence-electron chi connectivity index (χ3n) is 3.55. The monoisotopic (exact) mass is 344 g/mol. The highest BCUT2D eigenvalue weighted by Gasteiger charge is 2.39.